The number of aliphatic hydroxyl groups excluding tert-OH is 1. The minimum absolute atomic E-state index is 0. The third kappa shape index (κ3) is 6.43. The molecule has 0 saturated heterocycles. The van der Waals surface area contributed by atoms with Crippen LogP contribution in [0.3, 0.4) is 0 Å². The summed E-state index contributed by atoms with van der Waals surface area (Å²) in [6.07, 6.45) is 1.19. The van der Waals surface area contributed by atoms with Gasteiger partial charge in [0.25, 0.3) is 0 Å². The van der Waals surface area contributed by atoms with E-state index in [0.29, 0.717) is 0 Å². The maximum Gasteiger partial charge on any atom is 0.242 e. The van der Waals surface area contributed by atoms with Crippen LogP contribution in [0.4, 0.5) is 0 Å². The predicted molar refractivity (Wildman–Crippen MR) is 85.5 cm³/mol. The fourth-order valence-electron chi connectivity index (χ4n) is 1.81. The zero-order valence-electron chi connectivity index (χ0n) is 12.2. The van der Waals surface area contributed by atoms with Crippen molar-refractivity contribution in [2.75, 3.05) is 0 Å². The molecule has 1 rings (SSSR count). The van der Waals surface area contributed by atoms with Gasteiger partial charge in [-0.05, 0) is 43.8 Å². The van der Waals surface area contributed by atoms with Crippen LogP contribution in [0.1, 0.15) is 31.4 Å². The van der Waals surface area contributed by atoms with Crippen LogP contribution in [0.2, 0.25) is 19.6 Å². The first kappa shape index (κ1) is 18.4. The summed E-state index contributed by atoms with van der Waals surface area (Å²) < 4.78 is 5.88. The first-order valence-electron chi connectivity index (χ1n) is 6.56. The predicted octanol–water partition coefficient (Wildman–Crippen LogP) is 3.48. The number of aliphatic hydroxyl groups is 1. The van der Waals surface area contributed by atoms with Crippen LogP contribution in [-0.2, 0) is 0 Å². The van der Waals surface area contributed by atoms with Crippen molar-refractivity contribution < 1.29 is 9.53 Å². The van der Waals surface area contributed by atoms with Crippen LogP contribution in [0.25, 0.3) is 0 Å². The summed E-state index contributed by atoms with van der Waals surface area (Å²) in [7, 11) is -1.56. The molecule has 0 spiro atoms. The Bertz CT molecular complexity index is 365. The fourth-order valence-corrected chi connectivity index (χ4v) is 2.65. The highest BCUT2D eigenvalue weighted by molar-refractivity contribution is 6.70. The molecule has 0 aliphatic heterocycles. The molecule has 0 saturated carbocycles. The quantitative estimate of drug-likeness (QED) is 0.791. The van der Waals surface area contributed by atoms with Gasteiger partial charge in [-0.2, -0.15) is 0 Å². The Morgan fingerprint density at radius 2 is 1.74 bits per heavy atom. The van der Waals surface area contributed by atoms with Crippen LogP contribution >= 0.6 is 12.4 Å². The maximum absolute atomic E-state index is 9.88. The molecule has 0 unspecified atom stereocenters. The second-order valence-corrected chi connectivity index (χ2v) is 10.1. The Morgan fingerprint density at radius 1 is 1.21 bits per heavy atom. The number of nitrogens with two attached hydrogens (primary N) is 1. The molecule has 2 atom stereocenters. The highest BCUT2D eigenvalue weighted by atomic mass is 35.5. The van der Waals surface area contributed by atoms with E-state index in [4.69, 9.17) is 10.2 Å². The van der Waals surface area contributed by atoms with Crippen LogP contribution in [0.5, 0.6) is 5.75 Å². The zero-order chi connectivity index (χ0) is 13.8. The minimum atomic E-state index is -1.56. The normalized spacial score (nSPS) is 14.4. The molecule has 0 heterocycles. The molecule has 110 valence electrons. The molecule has 0 radical (unpaired) electrons. The third-order valence-electron chi connectivity index (χ3n) is 2.69. The highest BCUT2D eigenvalue weighted by Crippen LogP contribution is 2.22. The fraction of sp³-hybridized carbons (Fsp3) is 0.571. The summed E-state index contributed by atoms with van der Waals surface area (Å²) in [6.45, 7) is 8.49. The second-order valence-electron chi connectivity index (χ2n) is 5.67. The van der Waals surface area contributed by atoms with Gasteiger partial charge < -0.3 is 15.3 Å². The van der Waals surface area contributed by atoms with Gasteiger partial charge in [-0.3, -0.25) is 0 Å². The number of rotatable bonds is 6. The van der Waals surface area contributed by atoms with Gasteiger partial charge in [-0.15, -0.1) is 12.4 Å². The molecule has 0 fully saturated rings. The molecule has 0 aliphatic carbocycles. The first-order valence-corrected chi connectivity index (χ1v) is 9.97. The number of hydrogen-bond donors (Lipinski definition) is 2. The summed E-state index contributed by atoms with van der Waals surface area (Å²) in [5.74, 6) is 0.884. The van der Waals surface area contributed by atoms with E-state index < -0.39 is 14.4 Å². The monoisotopic (exact) mass is 303 g/mol. The number of halogens is 1. The zero-order valence-corrected chi connectivity index (χ0v) is 14.0. The van der Waals surface area contributed by atoms with Crippen molar-refractivity contribution in [3.8, 4) is 5.75 Å². The van der Waals surface area contributed by atoms with Crippen molar-refractivity contribution >= 4 is 20.7 Å². The topological polar surface area (TPSA) is 55.5 Å². The molecule has 3 N–H and O–H groups in total. The SMILES string of the molecule is CCC[C@@H](O)[C@@H](N)c1ccc(O[Si](C)(C)C)cc1.Cl. The lowest BCUT2D eigenvalue weighted by Gasteiger charge is -2.21. The van der Waals surface area contributed by atoms with Crippen molar-refractivity contribution in [2.24, 2.45) is 5.73 Å². The van der Waals surface area contributed by atoms with Crippen LogP contribution in [-0.4, -0.2) is 19.5 Å². The second kappa shape index (κ2) is 7.90. The molecule has 19 heavy (non-hydrogen) atoms. The summed E-state index contributed by atoms with van der Waals surface area (Å²) in [5, 5.41) is 9.88. The number of benzene rings is 1. The van der Waals surface area contributed by atoms with Crippen LogP contribution < -0.4 is 10.2 Å². The third-order valence-corrected chi connectivity index (χ3v) is 3.54. The summed E-state index contributed by atoms with van der Waals surface area (Å²) in [4.78, 5) is 0. The lowest BCUT2D eigenvalue weighted by atomic mass is 9.99. The molecule has 1 aromatic carbocycles. The molecule has 0 aliphatic rings. The minimum Gasteiger partial charge on any atom is -0.544 e. The molecule has 5 heteroatoms. The van der Waals surface area contributed by atoms with Gasteiger partial charge >= 0.3 is 0 Å². The molecule has 0 amide bonds. The highest BCUT2D eigenvalue weighted by Gasteiger charge is 2.18. The lowest BCUT2D eigenvalue weighted by molar-refractivity contribution is 0.134. The van der Waals surface area contributed by atoms with Gasteiger partial charge in [0.15, 0.2) is 0 Å². The van der Waals surface area contributed by atoms with Crippen molar-refractivity contribution in [2.45, 2.75) is 51.6 Å². The van der Waals surface area contributed by atoms with Gasteiger partial charge in [-0.25, -0.2) is 0 Å². The Labute approximate surface area is 123 Å². The average Bonchev–Trinajstić information content (AvgIpc) is 2.27. The lowest BCUT2D eigenvalue weighted by Crippen LogP contribution is -2.29. The summed E-state index contributed by atoms with van der Waals surface area (Å²) >= 11 is 0. The first-order chi connectivity index (χ1) is 8.33. The standard InChI is InChI=1S/C14H25NO2Si.ClH/c1-5-6-13(16)14(15)11-7-9-12(10-8-11)17-18(2,3)4;/h7-10,13-14,16H,5-6,15H2,1-4H3;1H/t13-,14+;/m1./s1. The van der Waals surface area contributed by atoms with Crippen LogP contribution in [0.15, 0.2) is 24.3 Å². The Morgan fingerprint density at radius 3 is 2.16 bits per heavy atom. The van der Waals surface area contributed by atoms with E-state index in [2.05, 4.69) is 19.6 Å². The smallest absolute Gasteiger partial charge is 0.242 e. The largest absolute Gasteiger partial charge is 0.544 e. The summed E-state index contributed by atoms with van der Waals surface area (Å²) in [5.41, 5.74) is 6.98. The molecular formula is C14H26ClNO2Si. The van der Waals surface area contributed by atoms with Gasteiger partial charge in [0.1, 0.15) is 5.75 Å². The summed E-state index contributed by atoms with van der Waals surface area (Å²) in [6, 6.07) is 7.45. The Hall–Kier alpha value is -0.553. The van der Waals surface area contributed by atoms with E-state index in [-0.39, 0.29) is 18.4 Å². The van der Waals surface area contributed by atoms with Gasteiger partial charge in [0.2, 0.25) is 8.32 Å². The Balaban J connectivity index is 0.00000324. The van der Waals surface area contributed by atoms with E-state index >= 15 is 0 Å². The van der Waals surface area contributed by atoms with Crippen molar-refractivity contribution in [3.63, 3.8) is 0 Å². The molecule has 3 nitrogen and oxygen atoms in total. The maximum atomic E-state index is 9.88. The van der Waals surface area contributed by atoms with E-state index in [1.165, 1.54) is 0 Å². The molecule has 0 aromatic heterocycles. The van der Waals surface area contributed by atoms with Crippen LogP contribution in [0, 0.1) is 0 Å². The average molecular weight is 304 g/mol. The molecular weight excluding hydrogens is 278 g/mol. The van der Waals surface area contributed by atoms with E-state index in [9.17, 15) is 5.11 Å². The molecule has 1 aromatic rings. The van der Waals surface area contributed by atoms with Crippen molar-refractivity contribution in [1.82, 2.24) is 0 Å². The van der Waals surface area contributed by atoms with E-state index in [1.54, 1.807) is 0 Å². The van der Waals surface area contributed by atoms with Gasteiger partial charge in [0.05, 0.1) is 12.1 Å². The van der Waals surface area contributed by atoms with Gasteiger partial charge in [0, 0.05) is 0 Å². The van der Waals surface area contributed by atoms with E-state index in [1.807, 2.05) is 31.2 Å². The van der Waals surface area contributed by atoms with Crippen molar-refractivity contribution in [3.05, 3.63) is 29.8 Å². The van der Waals surface area contributed by atoms with E-state index in [0.717, 1.165) is 24.2 Å². The Kier molecular flexibility index (Phi) is 7.67. The molecule has 0 bridgehead atoms. The number of hydrogen-bond acceptors (Lipinski definition) is 3. The van der Waals surface area contributed by atoms with Gasteiger partial charge in [-0.1, -0.05) is 25.5 Å². The van der Waals surface area contributed by atoms with Crippen molar-refractivity contribution in [1.29, 1.82) is 0 Å².